The molecule has 0 aromatic carbocycles. The quantitative estimate of drug-likeness (QED) is 0.706. The minimum absolute atomic E-state index is 0.164. The molecule has 0 N–H and O–H groups in total. The standard InChI is InChI=1S/C14H21NO3/c1-4-5-6-7-8-11-9-14(3)10(2)18-13(17)15(14)12(11)16/h9-10H,4-8H2,1-3H3. The predicted octanol–water partition coefficient (Wildman–Crippen LogP) is 3.02. The number of nitrogens with zero attached hydrogens (tertiary/aromatic N) is 1. The topological polar surface area (TPSA) is 46.6 Å². The molecule has 0 aromatic heterocycles. The van der Waals surface area contributed by atoms with Crippen LogP contribution in [0.3, 0.4) is 0 Å². The fourth-order valence-corrected chi connectivity index (χ4v) is 2.66. The fraction of sp³-hybridized carbons (Fsp3) is 0.714. The summed E-state index contributed by atoms with van der Waals surface area (Å²) in [5.41, 5.74) is 0.200. The molecule has 0 aromatic rings. The van der Waals surface area contributed by atoms with Gasteiger partial charge in [0.15, 0.2) is 0 Å². The predicted molar refractivity (Wildman–Crippen MR) is 68.0 cm³/mol. The molecule has 0 saturated carbocycles. The molecule has 2 rings (SSSR count). The molecule has 0 spiro atoms. The van der Waals surface area contributed by atoms with Crippen molar-refractivity contribution < 1.29 is 14.3 Å². The fourth-order valence-electron chi connectivity index (χ4n) is 2.66. The van der Waals surface area contributed by atoms with E-state index in [4.69, 9.17) is 4.74 Å². The normalized spacial score (nSPS) is 30.5. The molecule has 0 radical (unpaired) electrons. The van der Waals surface area contributed by atoms with Crippen LogP contribution in [-0.2, 0) is 9.53 Å². The largest absolute Gasteiger partial charge is 0.443 e. The number of cyclic esters (lactones) is 1. The number of carbonyl (C=O) groups excluding carboxylic acids is 2. The smallest absolute Gasteiger partial charge is 0.418 e. The highest BCUT2D eigenvalue weighted by molar-refractivity contribution is 6.07. The Morgan fingerprint density at radius 3 is 2.67 bits per heavy atom. The van der Waals surface area contributed by atoms with Crippen molar-refractivity contribution >= 4 is 12.0 Å². The van der Waals surface area contributed by atoms with Crippen molar-refractivity contribution in [1.82, 2.24) is 4.90 Å². The van der Waals surface area contributed by atoms with Crippen molar-refractivity contribution in [3.8, 4) is 0 Å². The highest BCUT2D eigenvalue weighted by atomic mass is 16.6. The monoisotopic (exact) mass is 251 g/mol. The Bertz CT molecular complexity index is 402. The van der Waals surface area contributed by atoms with E-state index >= 15 is 0 Å². The van der Waals surface area contributed by atoms with E-state index in [0.717, 1.165) is 24.8 Å². The van der Waals surface area contributed by atoms with Gasteiger partial charge in [-0.1, -0.05) is 26.2 Å². The van der Waals surface area contributed by atoms with Crippen molar-refractivity contribution in [1.29, 1.82) is 0 Å². The number of rotatable bonds is 5. The van der Waals surface area contributed by atoms with Crippen LogP contribution < -0.4 is 0 Å². The van der Waals surface area contributed by atoms with E-state index in [1.807, 2.05) is 19.9 Å². The van der Waals surface area contributed by atoms with Crippen LogP contribution in [0.5, 0.6) is 0 Å². The molecule has 0 bridgehead atoms. The van der Waals surface area contributed by atoms with Gasteiger partial charge < -0.3 is 4.74 Å². The first-order valence-electron chi connectivity index (χ1n) is 6.77. The Hall–Kier alpha value is -1.32. The first kappa shape index (κ1) is 13.1. The minimum atomic E-state index is -0.575. The molecule has 2 amide bonds. The van der Waals surface area contributed by atoms with E-state index in [1.165, 1.54) is 17.7 Å². The van der Waals surface area contributed by atoms with Crippen molar-refractivity contribution in [2.45, 2.75) is 64.5 Å². The van der Waals surface area contributed by atoms with E-state index in [1.54, 1.807) is 0 Å². The van der Waals surface area contributed by atoms with E-state index in [-0.39, 0.29) is 12.0 Å². The second kappa shape index (κ2) is 4.75. The molecule has 2 heterocycles. The lowest BCUT2D eigenvalue weighted by atomic mass is 9.95. The van der Waals surface area contributed by atoms with E-state index < -0.39 is 11.6 Å². The molecular formula is C14H21NO3. The maximum atomic E-state index is 12.2. The Labute approximate surface area is 108 Å². The van der Waals surface area contributed by atoms with Crippen LogP contribution >= 0.6 is 0 Å². The average molecular weight is 251 g/mol. The summed E-state index contributed by atoms with van der Waals surface area (Å²) >= 11 is 0. The Morgan fingerprint density at radius 1 is 1.33 bits per heavy atom. The summed E-state index contributed by atoms with van der Waals surface area (Å²) in [5.74, 6) is -0.164. The summed E-state index contributed by atoms with van der Waals surface area (Å²) in [7, 11) is 0. The minimum Gasteiger partial charge on any atom is -0.443 e. The number of ether oxygens (including phenoxy) is 1. The zero-order valence-electron chi connectivity index (χ0n) is 11.4. The molecule has 0 aliphatic carbocycles. The highest BCUT2D eigenvalue weighted by Gasteiger charge is 2.55. The van der Waals surface area contributed by atoms with Crippen LogP contribution in [-0.4, -0.2) is 28.5 Å². The van der Waals surface area contributed by atoms with Gasteiger partial charge in [0.1, 0.15) is 11.6 Å². The molecule has 2 aliphatic rings. The van der Waals surface area contributed by atoms with Gasteiger partial charge in [-0.3, -0.25) is 4.79 Å². The summed E-state index contributed by atoms with van der Waals surface area (Å²) in [6.07, 6.45) is 6.45. The van der Waals surface area contributed by atoms with Gasteiger partial charge in [0.05, 0.1) is 0 Å². The summed E-state index contributed by atoms with van der Waals surface area (Å²) in [6, 6.07) is 0. The zero-order valence-corrected chi connectivity index (χ0v) is 11.4. The van der Waals surface area contributed by atoms with Gasteiger partial charge >= 0.3 is 6.09 Å². The number of hydrogen-bond donors (Lipinski definition) is 0. The van der Waals surface area contributed by atoms with E-state index in [0.29, 0.717) is 0 Å². The lowest BCUT2D eigenvalue weighted by Crippen LogP contribution is -2.44. The first-order chi connectivity index (χ1) is 8.50. The van der Waals surface area contributed by atoms with Gasteiger partial charge in [-0.25, -0.2) is 9.69 Å². The molecule has 4 heteroatoms. The van der Waals surface area contributed by atoms with Crippen LogP contribution in [0.15, 0.2) is 11.6 Å². The molecule has 4 nitrogen and oxygen atoms in total. The number of fused-ring (bicyclic) bond motifs is 1. The van der Waals surface area contributed by atoms with Gasteiger partial charge in [-0.2, -0.15) is 0 Å². The molecule has 18 heavy (non-hydrogen) atoms. The second-order valence-electron chi connectivity index (χ2n) is 5.37. The molecule has 2 aliphatic heterocycles. The maximum Gasteiger partial charge on any atom is 0.418 e. The summed E-state index contributed by atoms with van der Waals surface area (Å²) in [4.78, 5) is 25.1. The Morgan fingerprint density at radius 2 is 2.06 bits per heavy atom. The molecule has 100 valence electrons. The van der Waals surface area contributed by atoms with Crippen LogP contribution in [0.1, 0.15) is 52.9 Å². The number of carbonyl (C=O) groups is 2. The molecule has 2 unspecified atom stereocenters. The Balaban J connectivity index is 2.06. The molecule has 2 atom stereocenters. The SMILES string of the molecule is CCCCCCC1=CC2(C)C(C)OC(=O)N2C1=O. The third kappa shape index (κ3) is 1.93. The zero-order chi connectivity index (χ0) is 13.3. The summed E-state index contributed by atoms with van der Waals surface area (Å²) in [6.45, 7) is 5.88. The first-order valence-corrected chi connectivity index (χ1v) is 6.77. The van der Waals surface area contributed by atoms with Gasteiger partial charge in [0, 0.05) is 5.57 Å². The third-order valence-electron chi connectivity index (χ3n) is 4.01. The number of amides is 2. The van der Waals surface area contributed by atoms with E-state index in [9.17, 15) is 9.59 Å². The lowest BCUT2D eigenvalue weighted by molar-refractivity contribution is -0.125. The van der Waals surface area contributed by atoms with Crippen LogP contribution in [0.25, 0.3) is 0 Å². The lowest BCUT2D eigenvalue weighted by Gasteiger charge is -2.24. The number of imide groups is 1. The van der Waals surface area contributed by atoms with Gasteiger partial charge in [-0.15, -0.1) is 0 Å². The summed E-state index contributed by atoms with van der Waals surface area (Å²) < 4.78 is 5.11. The molecule has 1 saturated heterocycles. The number of hydrogen-bond acceptors (Lipinski definition) is 3. The van der Waals surface area contributed by atoms with Crippen molar-refractivity contribution in [3.63, 3.8) is 0 Å². The van der Waals surface area contributed by atoms with Crippen LogP contribution in [0.2, 0.25) is 0 Å². The Kier molecular flexibility index (Phi) is 3.46. The van der Waals surface area contributed by atoms with Crippen LogP contribution in [0.4, 0.5) is 4.79 Å². The number of unbranched alkanes of at least 4 members (excludes halogenated alkanes) is 3. The van der Waals surface area contributed by atoms with Gasteiger partial charge in [-0.05, 0) is 32.8 Å². The van der Waals surface area contributed by atoms with E-state index in [2.05, 4.69) is 6.92 Å². The second-order valence-corrected chi connectivity index (χ2v) is 5.37. The van der Waals surface area contributed by atoms with Crippen molar-refractivity contribution in [2.75, 3.05) is 0 Å². The highest BCUT2D eigenvalue weighted by Crippen LogP contribution is 2.39. The van der Waals surface area contributed by atoms with Gasteiger partial charge in [0.25, 0.3) is 5.91 Å². The van der Waals surface area contributed by atoms with Crippen molar-refractivity contribution in [3.05, 3.63) is 11.6 Å². The maximum absolute atomic E-state index is 12.2. The summed E-state index contributed by atoms with van der Waals surface area (Å²) in [5, 5.41) is 0. The van der Waals surface area contributed by atoms with Crippen LogP contribution in [0, 0.1) is 0 Å². The average Bonchev–Trinajstić information content (AvgIpc) is 2.69. The molecular weight excluding hydrogens is 230 g/mol. The molecule has 1 fully saturated rings. The van der Waals surface area contributed by atoms with Crippen molar-refractivity contribution in [2.24, 2.45) is 0 Å². The van der Waals surface area contributed by atoms with Gasteiger partial charge in [0.2, 0.25) is 0 Å². The third-order valence-corrected chi connectivity index (χ3v) is 4.01.